The Morgan fingerprint density at radius 1 is 1.29 bits per heavy atom. The molecule has 5 nitrogen and oxygen atoms in total. The van der Waals surface area contributed by atoms with Crippen LogP contribution in [0.25, 0.3) is 0 Å². The fraction of sp³-hybridized carbons (Fsp3) is 0.455. The Balaban J connectivity index is 0.000000366. The van der Waals surface area contributed by atoms with Gasteiger partial charge in [-0.2, -0.15) is 0 Å². The van der Waals surface area contributed by atoms with E-state index in [9.17, 15) is 13.0 Å². The van der Waals surface area contributed by atoms with E-state index in [1.807, 2.05) is 20.8 Å². The van der Waals surface area contributed by atoms with Gasteiger partial charge in [0.15, 0.2) is 0 Å². The fourth-order valence-corrected chi connectivity index (χ4v) is 1.17. The van der Waals surface area contributed by atoms with Crippen molar-refractivity contribution in [2.24, 2.45) is 0 Å². The second kappa shape index (κ2) is 6.11. The Labute approximate surface area is 102 Å². The summed E-state index contributed by atoms with van der Waals surface area (Å²) in [5, 5.41) is 8.34. The van der Waals surface area contributed by atoms with Gasteiger partial charge >= 0.3 is 0 Å². The molecule has 98 valence electrons. The lowest BCUT2D eigenvalue weighted by Crippen LogP contribution is -2.71. The standard InChI is InChI=1S/C7H8O3S.C4H11NO/c1-6-2-4-7(5-3-6)11(8,9)10;1-4(2,5)3-6/h2-5H,1H3,(H,8,9,10);6H,3,5H2,1-2H3. The van der Waals surface area contributed by atoms with Crippen LogP contribution in [-0.4, -0.2) is 30.2 Å². The van der Waals surface area contributed by atoms with Crippen LogP contribution in [0.4, 0.5) is 0 Å². The molecule has 0 fully saturated rings. The van der Waals surface area contributed by atoms with Crippen LogP contribution in [0.3, 0.4) is 0 Å². The summed E-state index contributed by atoms with van der Waals surface area (Å²) < 4.78 is 31.2. The highest BCUT2D eigenvalue weighted by atomic mass is 32.2. The van der Waals surface area contributed by atoms with Crippen molar-refractivity contribution in [1.82, 2.24) is 0 Å². The molecular formula is C11H19NO4S. The molecule has 1 rings (SSSR count). The zero-order chi connectivity index (χ0) is 13.7. The number of hydrogen-bond acceptors (Lipinski definition) is 4. The average molecular weight is 261 g/mol. The van der Waals surface area contributed by atoms with Crippen LogP contribution < -0.4 is 5.73 Å². The number of aliphatic hydroxyl groups is 1. The van der Waals surface area contributed by atoms with E-state index in [0.29, 0.717) is 0 Å². The first-order chi connectivity index (χ1) is 7.56. The first kappa shape index (κ1) is 16.1. The molecule has 0 unspecified atom stereocenters. The van der Waals surface area contributed by atoms with Crippen molar-refractivity contribution >= 4 is 10.1 Å². The number of aryl methyl sites for hydroxylation is 1. The van der Waals surface area contributed by atoms with Crippen LogP contribution in [0.15, 0.2) is 29.2 Å². The van der Waals surface area contributed by atoms with E-state index in [1.54, 1.807) is 12.1 Å². The normalized spacial score (nSPS) is 11.6. The molecule has 0 spiro atoms. The second-order valence-electron chi connectivity index (χ2n) is 4.59. The van der Waals surface area contributed by atoms with E-state index in [0.717, 1.165) is 5.56 Å². The van der Waals surface area contributed by atoms with E-state index in [1.165, 1.54) is 12.1 Å². The number of quaternary nitrogens is 1. The lowest BCUT2D eigenvalue weighted by molar-refractivity contribution is -0.471. The van der Waals surface area contributed by atoms with Crippen LogP contribution >= 0.6 is 0 Å². The molecule has 0 radical (unpaired) electrons. The summed E-state index contributed by atoms with van der Waals surface area (Å²) in [6.45, 7) is 5.74. The van der Waals surface area contributed by atoms with Gasteiger partial charge < -0.3 is 15.4 Å². The van der Waals surface area contributed by atoms with Crippen molar-refractivity contribution in [3.8, 4) is 0 Å². The van der Waals surface area contributed by atoms with Crippen molar-refractivity contribution in [2.75, 3.05) is 6.61 Å². The highest BCUT2D eigenvalue weighted by Crippen LogP contribution is 2.08. The molecule has 1 aromatic rings. The van der Waals surface area contributed by atoms with Gasteiger partial charge in [0.2, 0.25) is 0 Å². The Kier molecular flexibility index (Phi) is 5.77. The first-order valence-electron chi connectivity index (χ1n) is 5.05. The summed E-state index contributed by atoms with van der Waals surface area (Å²) >= 11 is 0. The van der Waals surface area contributed by atoms with E-state index in [2.05, 4.69) is 5.73 Å². The highest BCUT2D eigenvalue weighted by molar-refractivity contribution is 7.85. The number of rotatable bonds is 2. The van der Waals surface area contributed by atoms with Crippen LogP contribution in [0, 0.1) is 6.92 Å². The minimum Gasteiger partial charge on any atom is -0.744 e. The summed E-state index contributed by atoms with van der Waals surface area (Å²) in [5.74, 6) is 0. The largest absolute Gasteiger partial charge is 0.744 e. The Morgan fingerprint density at radius 3 is 1.88 bits per heavy atom. The quantitative estimate of drug-likeness (QED) is 0.725. The lowest BCUT2D eigenvalue weighted by Gasteiger charge is -2.07. The van der Waals surface area contributed by atoms with E-state index in [-0.39, 0.29) is 17.0 Å². The van der Waals surface area contributed by atoms with Crippen LogP contribution in [0.5, 0.6) is 0 Å². The topological polar surface area (TPSA) is 105 Å². The molecule has 4 N–H and O–H groups in total. The summed E-state index contributed by atoms with van der Waals surface area (Å²) in [7, 11) is -4.27. The lowest BCUT2D eigenvalue weighted by atomic mass is 10.1. The van der Waals surface area contributed by atoms with Crippen LogP contribution in [-0.2, 0) is 10.1 Å². The monoisotopic (exact) mass is 261 g/mol. The summed E-state index contributed by atoms with van der Waals surface area (Å²) in [4.78, 5) is -0.178. The summed E-state index contributed by atoms with van der Waals surface area (Å²) in [6.07, 6.45) is 0. The van der Waals surface area contributed by atoms with Gasteiger partial charge in [0, 0.05) is 0 Å². The number of benzene rings is 1. The maximum absolute atomic E-state index is 10.4. The molecule has 0 bridgehead atoms. The van der Waals surface area contributed by atoms with Gasteiger partial charge in [0.1, 0.15) is 15.7 Å². The Morgan fingerprint density at radius 2 is 1.65 bits per heavy atom. The van der Waals surface area contributed by atoms with Gasteiger partial charge in [-0.15, -0.1) is 0 Å². The van der Waals surface area contributed by atoms with Gasteiger partial charge in [-0.25, -0.2) is 8.42 Å². The molecule has 0 atom stereocenters. The van der Waals surface area contributed by atoms with Crippen molar-refractivity contribution in [3.63, 3.8) is 0 Å². The third-order valence-corrected chi connectivity index (χ3v) is 2.59. The smallest absolute Gasteiger partial charge is 0.124 e. The predicted octanol–water partition coefficient (Wildman–Crippen LogP) is -0.102. The van der Waals surface area contributed by atoms with Crippen molar-refractivity contribution < 1.29 is 23.8 Å². The molecule has 0 aliphatic heterocycles. The Bertz CT molecular complexity index is 432. The van der Waals surface area contributed by atoms with Crippen molar-refractivity contribution in [1.29, 1.82) is 0 Å². The summed E-state index contributed by atoms with van der Waals surface area (Å²) in [6, 6.07) is 5.78. The fourth-order valence-electron chi connectivity index (χ4n) is 0.705. The average Bonchev–Trinajstić information content (AvgIpc) is 2.17. The third-order valence-electron chi connectivity index (χ3n) is 1.74. The van der Waals surface area contributed by atoms with Gasteiger partial charge in [0.05, 0.1) is 11.5 Å². The SMILES string of the molecule is CC(C)([NH3+])CO.Cc1ccc(S(=O)(=O)[O-])cc1. The van der Waals surface area contributed by atoms with Crippen LogP contribution in [0.1, 0.15) is 19.4 Å². The van der Waals surface area contributed by atoms with Crippen molar-refractivity contribution in [3.05, 3.63) is 29.8 Å². The van der Waals surface area contributed by atoms with E-state index in [4.69, 9.17) is 5.11 Å². The number of aliphatic hydroxyl groups excluding tert-OH is 1. The van der Waals surface area contributed by atoms with Crippen LogP contribution in [0.2, 0.25) is 0 Å². The van der Waals surface area contributed by atoms with E-state index < -0.39 is 10.1 Å². The molecule has 0 heterocycles. The summed E-state index contributed by atoms with van der Waals surface area (Å²) in [5.41, 5.74) is 4.41. The molecule has 0 saturated heterocycles. The molecule has 1 aromatic carbocycles. The molecule has 0 aromatic heterocycles. The van der Waals surface area contributed by atoms with Gasteiger partial charge in [0.25, 0.3) is 0 Å². The van der Waals surface area contributed by atoms with Gasteiger partial charge in [-0.3, -0.25) is 0 Å². The molecule has 0 aliphatic rings. The minimum absolute atomic E-state index is 0.153. The highest BCUT2D eigenvalue weighted by Gasteiger charge is 2.10. The van der Waals surface area contributed by atoms with Gasteiger partial charge in [-0.05, 0) is 32.9 Å². The molecule has 17 heavy (non-hydrogen) atoms. The zero-order valence-corrected chi connectivity index (χ0v) is 11.1. The minimum atomic E-state index is -4.27. The van der Waals surface area contributed by atoms with Gasteiger partial charge in [-0.1, -0.05) is 17.7 Å². The molecular weight excluding hydrogens is 242 g/mol. The predicted molar refractivity (Wildman–Crippen MR) is 63.2 cm³/mol. The van der Waals surface area contributed by atoms with Crippen molar-refractivity contribution in [2.45, 2.75) is 31.2 Å². The molecule has 0 amide bonds. The maximum atomic E-state index is 10.4. The Hall–Kier alpha value is -0.950. The number of hydrogen-bond donors (Lipinski definition) is 2. The maximum Gasteiger partial charge on any atom is 0.124 e. The third kappa shape index (κ3) is 7.87. The van der Waals surface area contributed by atoms with E-state index >= 15 is 0 Å². The zero-order valence-electron chi connectivity index (χ0n) is 10.3. The first-order valence-corrected chi connectivity index (χ1v) is 6.46. The molecule has 6 heteroatoms. The molecule has 0 saturated carbocycles. The second-order valence-corrected chi connectivity index (χ2v) is 5.97. The molecule has 0 aliphatic carbocycles.